The topological polar surface area (TPSA) is 55.2 Å². The highest BCUT2D eigenvalue weighted by molar-refractivity contribution is 7.11. The van der Waals surface area contributed by atoms with Gasteiger partial charge in [0.25, 0.3) is 0 Å². The fourth-order valence-electron chi connectivity index (χ4n) is 3.47. The van der Waals surface area contributed by atoms with E-state index < -0.39 is 0 Å². The molecule has 0 aliphatic heterocycles. The molecular weight excluding hydrogens is 394 g/mol. The van der Waals surface area contributed by atoms with Gasteiger partial charge in [-0.05, 0) is 43.2 Å². The van der Waals surface area contributed by atoms with Crippen LogP contribution in [0.15, 0.2) is 77.7 Å². The van der Waals surface area contributed by atoms with Gasteiger partial charge in [-0.1, -0.05) is 42.5 Å². The number of nitrogens with zero attached hydrogens (tertiary/aromatic N) is 3. The number of carbonyl (C=O) groups excluding carboxylic acids is 1. The number of benzene rings is 2. The zero-order chi connectivity index (χ0) is 20.9. The third-order valence-electron chi connectivity index (χ3n) is 5.06. The maximum Gasteiger partial charge on any atom is 0.244 e. The van der Waals surface area contributed by atoms with Gasteiger partial charge >= 0.3 is 0 Å². The molecule has 2 aromatic carbocycles. The summed E-state index contributed by atoms with van der Waals surface area (Å²) in [5.74, 6) is -0.0155. The second kappa shape index (κ2) is 9.05. The van der Waals surface area contributed by atoms with Gasteiger partial charge in [0.2, 0.25) is 11.3 Å². The lowest BCUT2D eigenvalue weighted by atomic mass is 10.1. The summed E-state index contributed by atoms with van der Waals surface area (Å²) in [6.07, 6.45) is 2.07. The second-order valence-electron chi connectivity index (χ2n) is 7.25. The number of hydrogen-bond acceptors (Lipinski definition) is 4. The summed E-state index contributed by atoms with van der Waals surface area (Å²) in [5.41, 5.74) is 1.74. The Morgan fingerprint density at radius 2 is 1.80 bits per heavy atom. The highest BCUT2D eigenvalue weighted by atomic mass is 32.1. The van der Waals surface area contributed by atoms with Crippen LogP contribution in [0.25, 0.3) is 10.9 Å². The van der Waals surface area contributed by atoms with Crippen molar-refractivity contribution in [2.24, 2.45) is 0 Å². The molecule has 30 heavy (non-hydrogen) atoms. The molecule has 0 atom stereocenters. The number of amides is 1. The minimum absolute atomic E-state index is 0.0155. The van der Waals surface area contributed by atoms with Crippen molar-refractivity contribution >= 4 is 28.1 Å². The number of aromatic nitrogens is 2. The molecular formula is C24H23N3O2S. The van der Waals surface area contributed by atoms with Gasteiger partial charge in [-0.2, -0.15) is 5.10 Å². The minimum Gasteiger partial charge on any atom is -0.336 e. The summed E-state index contributed by atoms with van der Waals surface area (Å²) in [4.78, 5) is 29.6. The van der Waals surface area contributed by atoms with E-state index in [2.05, 4.69) is 36.3 Å². The highest BCUT2D eigenvalue weighted by Gasteiger charge is 2.17. The molecule has 5 nitrogen and oxygen atoms in total. The van der Waals surface area contributed by atoms with Gasteiger partial charge < -0.3 is 4.90 Å². The van der Waals surface area contributed by atoms with Crippen LogP contribution < -0.4 is 5.43 Å². The van der Waals surface area contributed by atoms with Crippen LogP contribution in [-0.4, -0.2) is 27.1 Å². The first kappa shape index (κ1) is 20.0. The van der Waals surface area contributed by atoms with Crippen molar-refractivity contribution in [1.29, 1.82) is 0 Å². The van der Waals surface area contributed by atoms with Crippen LogP contribution in [0.2, 0.25) is 0 Å². The van der Waals surface area contributed by atoms with Gasteiger partial charge in [0, 0.05) is 21.7 Å². The van der Waals surface area contributed by atoms with E-state index in [1.165, 1.54) is 16.6 Å². The zero-order valence-electron chi connectivity index (χ0n) is 16.8. The molecule has 0 N–H and O–H groups in total. The van der Waals surface area contributed by atoms with Gasteiger partial charge in [-0.15, -0.1) is 11.3 Å². The largest absolute Gasteiger partial charge is 0.336 e. The number of thiophene rings is 1. The Bertz CT molecular complexity index is 1210. The lowest BCUT2D eigenvalue weighted by molar-refractivity contribution is -0.132. The Morgan fingerprint density at radius 3 is 2.57 bits per heavy atom. The molecule has 2 heterocycles. The molecule has 0 radical (unpaired) electrons. The Labute approximate surface area is 179 Å². The van der Waals surface area contributed by atoms with Crippen molar-refractivity contribution < 1.29 is 4.79 Å². The number of fused-ring (bicyclic) bond motifs is 1. The zero-order valence-corrected chi connectivity index (χ0v) is 17.6. The lowest BCUT2D eigenvalue weighted by Crippen LogP contribution is -2.35. The van der Waals surface area contributed by atoms with Crippen LogP contribution in [0, 0.1) is 6.92 Å². The summed E-state index contributed by atoms with van der Waals surface area (Å²) >= 11 is 1.71. The molecule has 0 aliphatic carbocycles. The number of aryl methyl sites for hydroxylation is 1. The number of carbonyl (C=O) groups is 1. The van der Waals surface area contributed by atoms with Crippen LogP contribution in [-0.2, 0) is 24.3 Å². The number of para-hydroxylation sites is 1. The molecule has 2 aromatic heterocycles. The van der Waals surface area contributed by atoms with Gasteiger partial charge in [0.15, 0.2) is 0 Å². The Hall–Kier alpha value is -3.25. The molecule has 0 spiro atoms. The smallest absolute Gasteiger partial charge is 0.244 e. The van der Waals surface area contributed by atoms with E-state index in [1.54, 1.807) is 22.1 Å². The van der Waals surface area contributed by atoms with Crippen LogP contribution in [0.3, 0.4) is 0 Å². The van der Waals surface area contributed by atoms with E-state index in [9.17, 15) is 9.59 Å². The molecule has 0 unspecified atom stereocenters. The molecule has 0 aliphatic rings. The first-order chi connectivity index (χ1) is 14.6. The van der Waals surface area contributed by atoms with Gasteiger partial charge in [-0.3, -0.25) is 14.3 Å². The fourth-order valence-corrected chi connectivity index (χ4v) is 4.38. The van der Waals surface area contributed by atoms with Gasteiger partial charge in [0.1, 0.15) is 6.54 Å². The maximum absolute atomic E-state index is 13.3. The SMILES string of the molecule is Cc1ccc(CN(CCc2ccccc2)C(=O)Cn2ncc(=O)c3ccccc32)s1. The quantitative estimate of drug-likeness (QED) is 0.456. The van der Waals surface area contributed by atoms with Crippen LogP contribution in [0.1, 0.15) is 15.3 Å². The van der Waals surface area contributed by atoms with E-state index in [4.69, 9.17) is 0 Å². The fraction of sp³-hybridized carbons (Fsp3) is 0.208. The van der Waals surface area contributed by atoms with Crippen LogP contribution in [0.5, 0.6) is 0 Å². The highest BCUT2D eigenvalue weighted by Crippen LogP contribution is 2.18. The first-order valence-electron chi connectivity index (χ1n) is 9.92. The van der Waals surface area contributed by atoms with Crippen molar-refractivity contribution in [2.75, 3.05) is 6.54 Å². The van der Waals surface area contributed by atoms with E-state index >= 15 is 0 Å². The predicted octanol–water partition coefficient (Wildman–Crippen LogP) is 4.04. The predicted molar refractivity (Wildman–Crippen MR) is 121 cm³/mol. The third kappa shape index (κ3) is 4.66. The molecule has 0 saturated carbocycles. The van der Waals surface area contributed by atoms with E-state index in [1.807, 2.05) is 41.3 Å². The van der Waals surface area contributed by atoms with E-state index in [-0.39, 0.29) is 17.9 Å². The molecule has 4 aromatic rings. The van der Waals surface area contributed by atoms with Gasteiger partial charge in [0.05, 0.1) is 18.3 Å². The molecule has 152 valence electrons. The normalized spacial score (nSPS) is 11.0. The molecule has 0 bridgehead atoms. The molecule has 0 fully saturated rings. The summed E-state index contributed by atoms with van der Waals surface area (Å²) in [6, 6.07) is 21.6. The Balaban J connectivity index is 1.57. The van der Waals surface area contributed by atoms with Crippen molar-refractivity contribution in [2.45, 2.75) is 26.4 Å². The Kier molecular flexibility index (Phi) is 6.05. The average molecular weight is 418 g/mol. The summed E-state index contributed by atoms with van der Waals surface area (Å²) < 4.78 is 1.62. The minimum atomic E-state index is -0.135. The lowest BCUT2D eigenvalue weighted by Gasteiger charge is -2.23. The van der Waals surface area contributed by atoms with Crippen molar-refractivity contribution in [3.05, 3.63) is 98.5 Å². The van der Waals surface area contributed by atoms with Crippen molar-refractivity contribution in [3.8, 4) is 0 Å². The average Bonchev–Trinajstić information content (AvgIpc) is 3.18. The summed E-state index contributed by atoms with van der Waals surface area (Å²) in [6.45, 7) is 3.36. The number of rotatable bonds is 7. The second-order valence-corrected chi connectivity index (χ2v) is 8.62. The van der Waals surface area contributed by atoms with Crippen molar-refractivity contribution in [3.63, 3.8) is 0 Å². The van der Waals surface area contributed by atoms with Crippen LogP contribution >= 0.6 is 11.3 Å². The molecule has 6 heteroatoms. The third-order valence-corrected chi connectivity index (χ3v) is 6.04. The standard InChI is InChI=1S/C24H23N3O2S/c1-18-11-12-20(30-18)16-26(14-13-19-7-3-2-4-8-19)24(29)17-27-22-10-6-5-9-21(22)23(28)15-25-27/h2-12,15H,13-14,16-17H2,1H3. The van der Waals surface area contributed by atoms with Crippen molar-refractivity contribution in [1.82, 2.24) is 14.7 Å². The monoisotopic (exact) mass is 417 g/mol. The Morgan fingerprint density at radius 1 is 1.03 bits per heavy atom. The van der Waals surface area contributed by atoms with E-state index in [0.29, 0.717) is 24.0 Å². The number of hydrogen-bond donors (Lipinski definition) is 0. The maximum atomic E-state index is 13.3. The summed E-state index contributed by atoms with van der Waals surface area (Å²) in [7, 11) is 0. The first-order valence-corrected chi connectivity index (χ1v) is 10.7. The molecule has 4 rings (SSSR count). The van der Waals surface area contributed by atoms with Gasteiger partial charge in [-0.25, -0.2) is 0 Å². The molecule has 1 amide bonds. The molecule has 0 saturated heterocycles. The van der Waals surface area contributed by atoms with Crippen LogP contribution in [0.4, 0.5) is 0 Å². The summed E-state index contributed by atoms with van der Waals surface area (Å²) in [5, 5.41) is 4.79. The van der Waals surface area contributed by atoms with E-state index in [0.717, 1.165) is 11.3 Å².